The standard InChI is InChI=1S/C16H16F2N2O3S/c1-11-3-8-14(18)15(9-11)19-16(21)10-20(2)24(22,23)13-6-4-12(17)5-7-13/h3-9H,10H2,1-2H3,(H,19,21). The normalized spacial score (nSPS) is 11.5. The number of nitrogens with one attached hydrogen (secondary N) is 1. The van der Waals surface area contributed by atoms with E-state index in [4.69, 9.17) is 0 Å². The first-order chi connectivity index (χ1) is 11.2. The molecule has 24 heavy (non-hydrogen) atoms. The predicted octanol–water partition coefficient (Wildman–Crippen LogP) is 2.53. The van der Waals surface area contributed by atoms with Crippen molar-refractivity contribution in [2.45, 2.75) is 11.8 Å². The van der Waals surface area contributed by atoms with E-state index in [1.807, 2.05) is 0 Å². The van der Waals surface area contributed by atoms with Gasteiger partial charge in [0, 0.05) is 7.05 Å². The van der Waals surface area contributed by atoms with Gasteiger partial charge in [-0.2, -0.15) is 4.31 Å². The minimum absolute atomic E-state index is 0.0208. The number of halogens is 2. The highest BCUT2D eigenvalue weighted by atomic mass is 32.2. The Morgan fingerprint density at radius 2 is 1.75 bits per heavy atom. The van der Waals surface area contributed by atoms with Gasteiger partial charge in [-0.05, 0) is 48.9 Å². The lowest BCUT2D eigenvalue weighted by Gasteiger charge is -2.17. The van der Waals surface area contributed by atoms with Gasteiger partial charge in [-0.1, -0.05) is 6.07 Å². The molecule has 0 atom stereocenters. The number of likely N-dealkylation sites (N-methyl/N-ethyl adjacent to an activating group) is 1. The first kappa shape index (κ1) is 18.0. The molecule has 2 rings (SSSR count). The zero-order chi connectivity index (χ0) is 17.9. The van der Waals surface area contributed by atoms with Crippen LogP contribution in [0.2, 0.25) is 0 Å². The van der Waals surface area contributed by atoms with E-state index < -0.39 is 34.1 Å². The third-order valence-electron chi connectivity index (χ3n) is 3.28. The molecule has 0 spiro atoms. The van der Waals surface area contributed by atoms with Crippen molar-refractivity contribution >= 4 is 21.6 Å². The third-order valence-corrected chi connectivity index (χ3v) is 5.10. The Hall–Kier alpha value is -2.32. The van der Waals surface area contributed by atoms with E-state index in [1.54, 1.807) is 13.0 Å². The molecule has 8 heteroatoms. The predicted molar refractivity (Wildman–Crippen MR) is 86.0 cm³/mol. The van der Waals surface area contributed by atoms with Crippen LogP contribution in [0.3, 0.4) is 0 Å². The lowest BCUT2D eigenvalue weighted by Crippen LogP contribution is -2.35. The summed E-state index contributed by atoms with van der Waals surface area (Å²) >= 11 is 0. The smallest absolute Gasteiger partial charge is 0.243 e. The second-order valence-electron chi connectivity index (χ2n) is 5.25. The summed E-state index contributed by atoms with van der Waals surface area (Å²) in [4.78, 5) is 11.8. The van der Waals surface area contributed by atoms with Crippen molar-refractivity contribution in [3.63, 3.8) is 0 Å². The van der Waals surface area contributed by atoms with E-state index in [2.05, 4.69) is 5.32 Å². The number of nitrogens with zero attached hydrogens (tertiary/aromatic N) is 1. The molecule has 2 aromatic carbocycles. The number of sulfonamides is 1. The number of hydrogen-bond donors (Lipinski definition) is 1. The van der Waals surface area contributed by atoms with Crippen LogP contribution in [-0.2, 0) is 14.8 Å². The summed E-state index contributed by atoms with van der Waals surface area (Å²) in [6.07, 6.45) is 0. The van der Waals surface area contributed by atoms with Gasteiger partial charge in [0.05, 0.1) is 17.1 Å². The number of carbonyl (C=O) groups is 1. The molecule has 0 aliphatic rings. The lowest BCUT2D eigenvalue weighted by molar-refractivity contribution is -0.116. The molecule has 1 N–H and O–H groups in total. The first-order valence-electron chi connectivity index (χ1n) is 6.98. The third kappa shape index (κ3) is 4.15. The lowest BCUT2D eigenvalue weighted by atomic mass is 10.2. The minimum Gasteiger partial charge on any atom is -0.322 e. The zero-order valence-corrected chi connectivity index (χ0v) is 13.9. The molecular formula is C16H16F2N2O3S. The van der Waals surface area contributed by atoms with Gasteiger partial charge in [0.2, 0.25) is 15.9 Å². The fraction of sp³-hybridized carbons (Fsp3) is 0.188. The summed E-state index contributed by atoms with van der Waals surface area (Å²) in [7, 11) is -2.74. The number of amides is 1. The van der Waals surface area contributed by atoms with Crippen LogP contribution in [0.25, 0.3) is 0 Å². The quantitative estimate of drug-likeness (QED) is 0.897. The van der Waals surface area contributed by atoms with E-state index in [0.717, 1.165) is 34.1 Å². The fourth-order valence-corrected chi connectivity index (χ4v) is 3.13. The summed E-state index contributed by atoms with van der Waals surface area (Å²) in [5.74, 6) is -1.87. The summed E-state index contributed by atoms with van der Waals surface area (Å²) in [6.45, 7) is 1.23. The molecule has 0 aliphatic heterocycles. The van der Waals surface area contributed by atoms with Gasteiger partial charge in [-0.15, -0.1) is 0 Å². The van der Waals surface area contributed by atoms with E-state index in [0.29, 0.717) is 0 Å². The molecule has 1 amide bonds. The van der Waals surface area contributed by atoms with Gasteiger partial charge in [-0.25, -0.2) is 17.2 Å². The van der Waals surface area contributed by atoms with Crippen molar-refractivity contribution in [1.29, 1.82) is 0 Å². The molecule has 128 valence electrons. The van der Waals surface area contributed by atoms with Crippen LogP contribution in [0.15, 0.2) is 47.4 Å². The summed E-state index contributed by atoms with van der Waals surface area (Å²) in [5.41, 5.74) is 0.728. The van der Waals surface area contributed by atoms with Crippen LogP contribution < -0.4 is 5.32 Å². The number of benzene rings is 2. The largest absolute Gasteiger partial charge is 0.322 e. The van der Waals surface area contributed by atoms with Crippen LogP contribution in [0, 0.1) is 18.6 Å². The van der Waals surface area contributed by atoms with E-state index in [-0.39, 0.29) is 10.6 Å². The van der Waals surface area contributed by atoms with Gasteiger partial charge >= 0.3 is 0 Å². The van der Waals surface area contributed by atoms with Crippen LogP contribution >= 0.6 is 0 Å². The molecule has 0 unspecified atom stereocenters. The van der Waals surface area contributed by atoms with Crippen molar-refractivity contribution in [1.82, 2.24) is 4.31 Å². The SMILES string of the molecule is Cc1ccc(F)c(NC(=O)CN(C)S(=O)(=O)c2ccc(F)cc2)c1. The highest BCUT2D eigenvalue weighted by Crippen LogP contribution is 2.17. The summed E-state index contributed by atoms with van der Waals surface area (Å²) in [6, 6.07) is 8.46. The Morgan fingerprint density at radius 1 is 1.12 bits per heavy atom. The molecule has 0 radical (unpaired) electrons. The maximum atomic E-state index is 13.6. The Balaban J connectivity index is 2.10. The molecule has 0 heterocycles. The van der Waals surface area contributed by atoms with Gasteiger partial charge in [0.25, 0.3) is 0 Å². The maximum absolute atomic E-state index is 13.6. The molecule has 0 aromatic heterocycles. The average Bonchev–Trinajstić information content (AvgIpc) is 2.51. The Morgan fingerprint density at radius 3 is 2.38 bits per heavy atom. The van der Waals surface area contributed by atoms with Gasteiger partial charge in [0.15, 0.2) is 0 Å². The van der Waals surface area contributed by atoms with Crippen molar-refractivity contribution in [3.8, 4) is 0 Å². The van der Waals surface area contributed by atoms with E-state index in [9.17, 15) is 22.0 Å². The van der Waals surface area contributed by atoms with Crippen LogP contribution in [-0.4, -0.2) is 32.2 Å². The van der Waals surface area contributed by atoms with E-state index >= 15 is 0 Å². The van der Waals surface area contributed by atoms with Crippen molar-refractivity contribution in [2.24, 2.45) is 0 Å². The molecule has 0 bridgehead atoms. The Bertz CT molecular complexity index is 852. The van der Waals surface area contributed by atoms with Crippen LogP contribution in [0.1, 0.15) is 5.56 Å². The van der Waals surface area contributed by atoms with Crippen molar-refractivity contribution in [2.75, 3.05) is 18.9 Å². The monoisotopic (exact) mass is 354 g/mol. The second-order valence-corrected chi connectivity index (χ2v) is 7.29. The van der Waals surface area contributed by atoms with Gasteiger partial charge in [-0.3, -0.25) is 4.79 Å². The van der Waals surface area contributed by atoms with Crippen molar-refractivity contribution in [3.05, 3.63) is 59.7 Å². The Labute approximate surface area is 139 Å². The highest BCUT2D eigenvalue weighted by Gasteiger charge is 2.23. The zero-order valence-electron chi connectivity index (χ0n) is 13.1. The molecule has 0 saturated heterocycles. The second kappa shape index (κ2) is 7.06. The fourth-order valence-electron chi connectivity index (χ4n) is 2.00. The molecule has 2 aromatic rings. The Kier molecular flexibility index (Phi) is 5.30. The number of hydrogen-bond acceptors (Lipinski definition) is 3. The molecule has 0 saturated carbocycles. The summed E-state index contributed by atoms with van der Waals surface area (Å²) < 4.78 is 51.9. The minimum atomic E-state index is -3.95. The summed E-state index contributed by atoms with van der Waals surface area (Å²) in [5, 5.41) is 2.33. The average molecular weight is 354 g/mol. The molecule has 0 aliphatic carbocycles. The van der Waals surface area contributed by atoms with Gasteiger partial charge in [0.1, 0.15) is 11.6 Å². The molecular weight excluding hydrogens is 338 g/mol. The maximum Gasteiger partial charge on any atom is 0.243 e. The van der Waals surface area contributed by atoms with Crippen LogP contribution in [0.4, 0.5) is 14.5 Å². The van der Waals surface area contributed by atoms with Crippen LogP contribution in [0.5, 0.6) is 0 Å². The number of anilines is 1. The van der Waals surface area contributed by atoms with Crippen molar-refractivity contribution < 1.29 is 22.0 Å². The number of carbonyl (C=O) groups excluding carboxylic acids is 1. The number of rotatable bonds is 5. The topological polar surface area (TPSA) is 66.5 Å². The molecule has 5 nitrogen and oxygen atoms in total. The van der Waals surface area contributed by atoms with E-state index in [1.165, 1.54) is 19.2 Å². The highest BCUT2D eigenvalue weighted by molar-refractivity contribution is 7.89. The first-order valence-corrected chi connectivity index (χ1v) is 8.42. The molecule has 0 fully saturated rings. The van der Waals surface area contributed by atoms with Gasteiger partial charge < -0.3 is 5.32 Å². The number of aryl methyl sites for hydroxylation is 1.